The molecule has 0 aliphatic heterocycles. The molecular weight excluding hydrogens is 588 g/mol. The molecule has 0 aliphatic carbocycles. The standard InChI is InChI=1S/C18H21FN3O3.3C4H9.Sn/c1-12-10-14(11-15(17(12)23-3)18(19)22-24-4)8-6-5-7-9-16-21-20-13(2)25-16;3*1-3-4-2;/h6,10-11H,5,7,9H2,1-4H3;3*1,3-4H2,2H3;. The van der Waals surface area contributed by atoms with Gasteiger partial charge in [0, 0.05) is 0 Å². The van der Waals surface area contributed by atoms with E-state index in [2.05, 4.69) is 48.3 Å². The van der Waals surface area contributed by atoms with E-state index in [0.29, 0.717) is 23.1 Å². The number of aryl methyl sites for hydroxylation is 3. The van der Waals surface area contributed by atoms with Crippen molar-refractivity contribution in [3.8, 4) is 5.75 Å². The van der Waals surface area contributed by atoms with E-state index in [9.17, 15) is 0 Å². The fraction of sp³-hybridized carbons (Fsp3) is 0.633. The van der Waals surface area contributed by atoms with Crippen LogP contribution in [0, 0.1) is 13.8 Å². The molecule has 1 aromatic carbocycles. The minimum absolute atomic E-state index is 0.359. The van der Waals surface area contributed by atoms with Gasteiger partial charge >= 0.3 is 234 Å². The van der Waals surface area contributed by atoms with Crippen LogP contribution in [0.4, 0.5) is 4.39 Å². The Morgan fingerprint density at radius 3 is 2.11 bits per heavy atom. The molecule has 0 bridgehead atoms. The molecule has 1 aromatic heterocycles. The minimum atomic E-state index is -2.89. The Morgan fingerprint density at radius 1 is 0.974 bits per heavy atom. The van der Waals surface area contributed by atoms with Gasteiger partial charge in [0.2, 0.25) is 0 Å². The molecule has 212 valence electrons. The van der Waals surface area contributed by atoms with E-state index in [1.54, 1.807) is 7.11 Å². The number of aromatic nitrogens is 2. The zero-order valence-corrected chi connectivity index (χ0v) is 27.5. The molecule has 0 radical (unpaired) electrons. The van der Waals surface area contributed by atoms with Gasteiger partial charge in [0.1, 0.15) is 0 Å². The fourth-order valence-corrected chi connectivity index (χ4v) is 22.5. The van der Waals surface area contributed by atoms with Crippen molar-refractivity contribution in [3.63, 3.8) is 0 Å². The predicted octanol–water partition coefficient (Wildman–Crippen LogP) is 8.77. The van der Waals surface area contributed by atoms with Gasteiger partial charge in [-0.1, -0.05) is 0 Å². The van der Waals surface area contributed by atoms with Crippen molar-refractivity contribution in [2.24, 2.45) is 5.16 Å². The monoisotopic (exact) mass is 637 g/mol. The van der Waals surface area contributed by atoms with E-state index >= 15 is 4.39 Å². The van der Waals surface area contributed by atoms with E-state index in [1.807, 2.05) is 19.9 Å². The van der Waals surface area contributed by atoms with Crippen LogP contribution in [-0.4, -0.2) is 48.8 Å². The van der Waals surface area contributed by atoms with Crippen LogP contribution in [0.5, 0.6) is 5.75 Å². The number of allylic oxidation sites excluding steroid dienone is 1. The molecule has 2 aromatic rings. The molecule has 2 rings (SSSR count). The molecule has 0 saturated heterocycles. The van der Waals surface area contributed by atoms with Gasteiger partial charge in [-0.2, -0.15) is 0 Å². The fourth-order valence-electron chi connectivity index (χ4n) is 5.39. The van der Waals surface area contributed by atoms with Crippen molar-refractivity contribution in [2.45, 2.75) is 106 Å². The maximum absolute atomic E-state index is 15.1. The summed E-state index contributed by atoms with van der Waals surface area (Å²) < 4.78 is 31.8. The predicted molar refractivity (Wildman–Crippen MR) is 157 cm³/mol. The number of hydrogen-bond acceptors (Lipinski definition) is 6. The van der Waals surface area contributed by atoms with E-state index in [0.717, 1.165) is 30.4 Å². The van der Waals surface area contributed by atoms with Crippen molar-refractivity contribution < 1.29 is 18.4 Å². The summed E-state index contributed by atoms with van der Waals surface area (Å²) in [4.78, 5) is 4.78. The number of ether oxygens (including phenoxy) is 1. The number of methoxy groups -OCH3 is 1. The summed E-state index contributed by atoms with van der Waals surface area (Å²) in [5.41, 5.74) is 2.40. The van der Waals surface area contributed by atoms with Crippen LogP contribution in [0.1, 0.15) is 101 Å². The molecule has 0 amide bonds. The Balaban J connectivity index is 2.65. The topological polar surface area (TPSA) is 69.7 Å². The molecule has 1 heterocycles. The Morgan fingerprint density at radius 2 is 1.61 bits per heavy atom. The SMILES string of the molecule is CCC[CH2][Sn]([CH2]CCC)([CH2]CCC)/[C](=C/CCCc1nnc(C)o1)c1cc(C)c(OC)c(C(F)=NOC)c1. The Kier molecular flexibility index (Phi) is 14.4. The van der Waals surface area contributed by atoms with E-state index in [-0.39, 0.29) is 0 Å². The zero-order chi connectivity index (χ0) is 28.0. The number of nitrogens with zero attached hydrogens (tertiary/aromatic N) is 3. The van der Waals surface area contributed by atoms with E-state index in [4.69, 9.17) is 14.0 Å². The van der Waals surface area contributed by atoms with Gasteiger partial charge in [-0.25, -0.2) is 0 Å². The van der Waals surface area contributed by atoms with Gasteiger partial charge in [-0.15, -0.1) is 0 Å². The van der Waals surface area contributed by atoms with Crippen molar-refractivity contribution >= 4 is 27.9 Å². The molecule has 6 nitrogen and oxygen atoms in total. The Hall–Kier alpha value is -1.90. The number of benzene rings is 1. The first kappa shape index (κ1) is 32.3. The molecular formula is C30H48FN3O3Sn. The van der Waals surface area contributed by atoms with Gasteiger partial charge in [0.25, 0.3) is 0 Å². The van der Waals surface area contributed by atoms with Crippen LogP contribution in [-0.2, 0) is 11.3 Å². The zero-order valence-electron chi connectivity index (χ0n) is 24.7. The third-order valence-electron chi connectivity index (χ3n) is 7.29. The van der Waals surface area contributed by atoms with E-state index in [1.165, 1.54) is 62.5 Å². The molecule has 0 aliphatic rings. The molecule has 0 N–H and O–H groups in total. The molecule has 38 heavy (non-hydrogen) atoms. The van der Waals surface area contributed by atoms with Gasteiger partial charge in [0.05, 0.1) is 0 Å². The first-order valence-corrected chi connectivity index (χ1v) is 21.8. The number of oxime groups is 1. The summed E-state index contributed by atoms with van der Waals surface area (Å²) in [6.45, 7) is 10.7. The second-order valence-electron chi connectivity index (χ2n) is 10.3. The summed E-state index contributed by atoms with van der Waals surface area (Å²) >= 11 is -2.89. The van der Waals surface area contributed by atoms with Crippen LogP contribution >= 0.6 is 0 Å². The van der Waals surface area contributed by atoms with Crippen LogP contribution in [0.15, 0.2) is 27.8 Å². The quantitative estimate of drug-likeness (QED) is 0.0709. The molecule has 0 unspecified atom stereocenters. The normalized spacial score (nSPS) is 12.7. The molecule has 0 spiro atoms. The summed E-state index contributed by atoms with van der Waals surface area (Å²) in [6, 6.07) is 4.15. The average molecular weight is 636 g/mol. The van der Waals surface area contributed by atoms with Crippen LogP contribution in [0.3, 0.4) is 0 Å². The summed E-state index contributed by atoms with van der Waals surface area (Å²) in [7, 11) is 2.94. The number of hydrogen-bond donors (Lipinski definition) is 0. The summed E-state index contributed by atoms with van der Waals surface area (Å²) in [6.07, 6.45) is 12.5. The first-order chi connectivity index (χ1) is 18.3. The van der Waals surface area contributed by atoms with Crippen molar-refractivity contribution in [2.75, 3.05) is 14.2 Å². The molecule has 0 saturated carbocycles. The third kappa shape index (κ3) is 9.09. The maximum atomic E-state index is 15.1. The second-order valence-corrected chi connectivity index (χ2v) is 23.4. The van der Waals surface area contributed by atoms with Crippen molar-refractivity contribution in [1.29, 1.82) is 0 Å². The first-order valence-electron chi connectivity index (χ1n) is 14.3. The van der Waals surface area contributed by atoms with Crippen LogP contribution in [0.2, 0.25) is 13.3 Å². The van der Waals surface area contributed by atoms with Gasteiger partial charge in [-0.05, 0) is 0 Å². The third-order valence-corrected chi connectivity index (χ3v) is 23.2. The number of halogens is 1. The molecule has 0 atom stereocenters. The van der Waals surface area contributed by atoms with Crippen LogP contribution < -0.4 is 4.74 Å². The van der Waals surface area contributed by atoms with Crippen molar-refractivity contribution in [3.05, 3.63) is 46.7 Å². The van der Waals surface area contributed by atoms with Crippen LogP contribution in [0.25, 0.3) is 3.59 Å². The van der Waals surface area contributed by atoms with Gasteiger partial charge in [-0.3, -0.25) is 0 Å². The summed E-state index contributed by atoms with van der Waals surface area (Å²) in [5.74, 6) is 1.15. The second kappa shape index (κ2) is 16.9. The Bertz CT molecular complexity index is 1030. The average Bonchev–Trinajstić information content (AvgIpc) is 3.33. The molecule has 8 heteroatoms. The summed E-state index contributed by atoms with van der Waals surface area (Å²) in [5, 5.41) is 11.7. The van der Waals surface area contributed by atoms with E-state index < -0.39 is 24.3 Å². The Labute approximate surface area is 233 Å². The van der Waals surface area contributed by atoms with Gasteiger partial charge in [0.15, 0.2) is 0 Å². The number of unbranched alkanes of at least 4 members (excludes halogenated alkanes) is 4. The molecule has 0 fully saturated rings. The van der Waals surface area contributed by atoms with Crippen molar-refractivity contribution in [1.82, 2.24) is 10.2 Å². The van der Waals surface area contributed by atoms with Gasteiger partial charge < -0.3 is 0 Å². The number of rotatable bonds is 18.